The van der Waals surface area contributed by atoms with Gasteiger partial charge in [0.25, 0.3) is 5.91 Å². The monoisotopic (exact) mass is 336 g/mol. The highest BCUT2D eigenvalue weighted by Gasteiger charge is 2.09. The zero-order valence-electron chi connectivity index (χ0n) is 7.33. The Morgan fingerprint density at radius 2 is 1.87 bits per heavy atom. The number of carbonyl (C=O) groups excluding carboxylic acids is 1. The van der Waals surface area contributed by atoms with Crippen LogP contribution in [0.15, 0.2) is 21.3 Å². The first kappa shape index (κ1) is 12.1. The quantitative estimate of drug-likeness (QED) is 0.817. The number of aliphatic carboxylic acids is 1. The van der Waals surface area contributed by atoms with E-state index in [1.54, 1.807) is 0 Å². The van der Waals surface area contributed by atoms with Crippen molar-refractivity contribution in [3.8, 4) is 0 Å². The van der Waals surface area contributed by atoms with Crippen LogP contribution in [-0.4, -0.2) is 28.5 Å². The average molecular weight is 338 g/mol. The topological polar surface area (TPSA) is 79.3 Å². The van der Waals surface area contributed by atoms with Crippen LogP contribution in [-0.2, 0) is 4.79 Å². The molecular formula is C8H6Br2N2O3. The second kappa shape index (κ2) is 5.22. The summed E-state index contributed by atoms with van der Waals surface area (Å²) in [6, 6.07) is 3.00. The molecule has 0 aromatic carbocycles. The van der Waals surface area contributed by atoms with Crippen molar-refractivity contribution < 1.29 is 14.7 Å². The van der Waals surface area contributed by atoms with Crippen LogP contribution < -0.4 is 5.32 Å². The zero-order chi connectivity index (χ0) is 11.4. The maximum atomic E-state index is 11.4. The number of hydrogen-bond acceptors (Lipinski definition) is 3. The second-order valence-corrected chi connectivity index (χ2v) is 4.20. The van der Waals surface area contributed by atoms with Crippen molar-refractivity contribution in [3.05, 3.63) is 26.9 Å². The lowest BCUT2D eigenvalue weighted by atomic mass is 10.2. The molecule has 2 N–H and O–H groups in total. The average Bonchev–Trinajstić information content (AvgIpc) is 2.12. The van der Waals surface area contributed by atoms with Crippen molar-refractivity contribution in [1.82, 2.24) is 10.3 Å². The van der Waals surface area contributed by atoms with Gasteiger partial charge in [0.1, 0.15) is 15.8 Å². The first-order chi connectivity index (χ1) is 6.99. The number of aromatic nitrogens is 1. The third-order valence-corrected chi connectivity index (χ3v) is 2.24. The molecule has 0 fully saturated rings. The molecule has 1 aromatic heterocycles. The molecule has 80 valence electrons. The number of nitrogens with one attached hydrogen (secondary N) is 1. The fourth-order valence-electron chi connectivity index (χ4n) is 0.854. The van der Waals surface area contributed by atoms with Gasteiger partial charge in [-0.25, -0.2) is 4.98 Å². The lowest BCUT2D eigenvalue weighted by Gasteiger charge is -2.03. The van der Waals surface area contributed by atoms with Gasteiger partial charge in [0.15, 0.2) is 0 Å². The van der Waals surface area contributed by atoms with E-state index in [-0.39, 0.29) is 0 Å². The Morgan fingerprint density at radius 3 is 2.33 bits per heavy atom. The first-order valence-corrected chi connectivity index (χ1v) is 5.40. The summed E-state index contributed by atoms with van der Waals surface area (Å²) >= 11 is 6.25. The van der Waals surface area contributed by atoms with Gasteiger partial charge in [-0.1, -0.05) is 0 Å². The number of carboxylic acid groups (broad SMARTS) is 1. The van der Waals surface area contributed by atoms with Crippen molar-refractivity contribution in [2.45, 2.75) is 0 Å². The summed E-state index contributed by atoms with van der Waals surface area (Å²) in [5.41, 5.74) is 0.338. The first-order valence-electron chi connectivity index (χ1n) is 3.82. The fourth-order valence-corrected chi connectivity index (χ4v) is 1.97. The molecule has 0 aliphatic carbocycles. The molecule has 0 bridgehead atoms. The van der Waals surface area contributed by atoms with Crippen molar-refractivity contribution in [3.63, 3.8) is 0 Å². The van der Waals surface area contributed by atoms with Crippen LogP contribution in [0, 0.1) is 0 Å². The Kier molecular flexibility index (Phi) is 4.22. The molecule has 0 unspecified atom stereocenters. The molecule has 0 saturated carbocycles. The highest BCUT2D eigenvalue weighted by atomic mass is 79.9. The van der Waals surface area contributed by atoms with Gasteiger partial charge >= 0.3 is 5.97 Å². The predicted molar refractivity (Wildman–Crippen MR) is 59.6 cm³/mol. The summed E-state index contributed by atoms with van der Waals surface area (Å²) in [7, 11) is 0. The molecule has 0 radical (unpaired) electrons. The number of carbonyl (C=O) groups is 2. The normalized spacial score (nSPS) is 9.73. The van der Waals surface area contributed by atoms with E-state index in [9.17, 15) is 9.59 Å². The van der Waals surface area contributed by atoms with Crippen molar-refractivity contribution in [2.75, 3.05) is 6.54 Å². The van der Waals surface area contributed by atoms with Crippen molar-refractivity contribution in [2.24, 2.45) is 0 Å². The number of carboxylic acids is 1. The lowest BCUT2D eigenvalue weighted by molar-refractivity contribution is -0.135. The molecule has 1 rings (SSSR count). The number of hydrogen-bond donors (Lipinski definition) is 2. The minimum Gasteiger partial charge on any atom is -0.480 e. The van der Waals surface area contributed by atoms with Gasteiger partial charge in [0.2, 0.25) is 0 Å². The number of rotatable bonds is 3. The maximum Gasteiger partial charge on any atom is 0.322 e. The van der Waals surface area contributed by atoms with E-state index < -0.39 is 18.4 Å². The Morgan fingerprint density at radius 1 is 1.33 bits per heavy atom. The summed E-state index contributed by atoms with van der Waals surface area (Å²) in [5.74, 6) is -1.54. The van der Waals surface area contributed by atoms with E-state index >= 15 is 0 Å². The fraction of sp³-hybridized carbons (Fsp3) is 0.125. The molecule has 0 saturated heterocycles. The molecule has 0 atom stereocenters. The van der Waals surface area contributed by atoms with Gasteiger partial charge in [0.05, 0.1) is 0 Å². The Balaban J connectivity index is 2.77. The molecule has 1 heterocycles. The third kappa shape index (κ3) is 3.96. The maximum absolute atomic E-state index is 11.4. The van der Waals surface area contributed by atoms with Crippen LogP contribution >= 0.6 is 31.9 Å². The van der Waals surface area contributed by atoms with Crippen LogP contribution in [0.25, 0.3) is 0 Å². The van der Waals surface area contributed by atoms with Crippen LogP contribution in [0.3, 0.4) is 0 Å². The predicted octanol–water partition coefficient (Wildman–Crippen LogP) is 1.42. The van der Waals surface area contributed by atoms with E-state index in [1.165, 1.54) is 12.1 Å². The van der Waals surface area contributed by atoms with Gasteiger partial charge in [-0.15, -0.1) is 0 Å². The standard InChI is InChI=1S/C8H6Br2N2O3/c9-5-1-4(2-6(10)12-5)8(15)11-3-7(13)14/h1-2H,3H2,(H,11,15)(H,13,14). The van der Waals surface area contributed by atoms with Crippen LogP contribution in [0.1, 0.15) is 10.4 Å². The summed E-state index contributed by atoms with van der Waals surface area (Å²) in [6.45, 7) is -0.406. The van der Waals surface area contributed by atoms with Crippen LogP contribution in [0.4, 0.5) is 0 Å². The van der Waals surface area contributed by atoms with Crippen molar-refractivity contribution >= 4 is 43.7 Å². The van der Waals surface area contributed by atoms with E-state index in [4.69, 9.17) is 5.11 Å². The van der Waals surface area contributed by atoms with Gasteiger partial charge in [-0.3, -0.25) is 9.59 Å². The molecule has 5 nitrogen and oxygen atoms in total. The van der Waals surface area contributed by atoms with Gasteiger partial charge in [0, 0.05) is 5.56 Å². The molecule has 0 aliphatic rings. The number of halogens is 2. The summed E-state index contributed by atoms with van der Waals surface area (Å²) in [5, 5.41) is 10.6. The molecular weight excluding hydrogens is 332 g/mol. The Hall–Kier alpha value is -0.950. The number of nitrogens with zero attached hydrogens (tertiary/aromatic N) is 1. The van der Waals surface area contributed by atoms with E-state index in [1.807, 2.05) is 0 Å². The van der Waals surface area contributed by atoms with Crippen molar-refractivity contribution in [1.29, 1.82) is 0 Å². The SMILES string of the molecule is O=C(O)CNC(=O)c1cc(Br)nc(Br)c1. The lowest BCUT2D eigenvalue weighted by Crippen LogP contribution is -2.29. The molecule has 0 aliphatic heterocycles. The largest absolute Gasteiger partial charge is 0.480 e. The Bertz CT molecular complexity index is 389. The minimum atomic E-state index is -1.09. The molecule has 7 heteroatoms. The summed E-state index contributed by atoms with van der Waals surface area (Å²) in [6.07, 6.45) is 0. The molecule has 1 aromatic rings. The second-order valence-electron chi connectivity index (χ2n) is 2.58. The van der Waals surface area contributed by atoms with Crippen LogP contribution in [0.5, 0.6) is 0 Å². The third-order valence-electron chi connectivity index (χ3n) is 1.43. The molecule has 1 amide bonds. The zero-order valence-corrected chi connectivity index (χ0v) is 10.5. The number of pyridine rings is 1. The van der Waals surface area contributed by atoms with E-state index in [0.29, 0.717) is 14.8 Å². The highest BCUT2D eigenvalue weighted by Crippen LogP contribution is 2.15. The summed E-state index contributed by atoms with van der Waals surface area (Å²) < 4.78 is 0.995. The minimum absolute atomic E-state index is 0.338. The molecule has 0 spiro atoms. The van der Waals surface area contributed by atoms with E-state index in [2.05, 4.69) is 42.2 Å². The smallest absolute Gasteiger partial charge is 0.322 e. The van der Waals surface area contributed by atoms with Gasteiger partial charge < -0.3 is 10.4 Å². The molecule has 15 heavy (non-hydrogen) atoms. The Labute approximate surface area is 102 Å². The number of amides is 1. The van der Waals surface area contributed by atoms with E-state index in [0.717, 1.165) is 0 Å². The van der Waals surface area contributed by atoms with Gasteiger partial charge in [-0.2, -0.15) is 0 Å². The highest BCUT2D eigenvalue weighted by molar-refractivity contribution is 9.11. The summed E-state index contributed by atoms with van der Waals surface area (Å²) in [4.78, 5) is 25.6. The van der Waals surface area contributed by atoms with Gasteiger partial charge in [-0.05, 0) is 44.0 Å². The van der Waals surface area contributed by atoms with Crippen LogP contribution in [0.2, 0.25) is 0 Å².